The molecule has 0 saturated carbocycles. The van der Waals surface area contributed by atoms with E-state index >= 15 is 0 Å². The molecule has 0 heterocycles. The van der Waals surface area contributed by atoms with Crippen LogP contribution in [0.3, 0.4) is 0 Å². The Balaban J connectivity index is 4.16. The molecule has 0 bridgehead atoms. The van der Waals surface area contributed by atoms with Crippen molar-refractivity contribution >= 4 is 13.7 Å². The Morgan fingerprint density at radius 2 is 1.86 bits per heavy atom. The van der Waals surface area contributed by atoms with Crippen molar-refractivity contribution in [2.75, 3.05) is 0 Å². The average molecular weight is 225 g/mol. The first kappa shape index (κ1) is 13.4. The molecule has 1 atom stereocenters. The van der Waals surface area contributed by atoms with Gasteiger partial charge in [-0.1, -0.05) is 0 Å². The van der Waals surface area contributed by atoms with Crippen molar-refractivity contribution in [3.8, 4) is 0 Å². The minimum absolute atomic E-state index is 0.682. The van der Waals surface area contributed by atoms with Gasteiger partial charge in [-0.15, -0.1) is 0 Å². The van der Waals surface area contributed by atoms with Gasteiger partial charge in [0, 0.05) is 0 Å². The van der Waals surface area contributed by atoms with Gasteiger partial charge >= 0.3 is 13.7 Å². The van der Waals surface area contributed by atoms with E-state index in [-0.39, 0.29) is 0 Å². The molecule has 14 heavy (non-hydrogen) atoms. The first-order valence-electron chi connectivity index (χ1n) is 4.07. The van der Waals surface area contributed by atoms with Crippen LogP contribution in [0.1, 0.15) is 27.7 Å². The topological polar surface area (TPSA) is 95.9 Å². The van der Waals surface area contributed by atoms with Gasteiger partial charge in [0.2, 0.25) is 0 Å². The summed E-state index contributed by atoms with van der Waals surface area (Å²) < 4.78 is 15.5. The standard InChI is InChI=1S/C7H16NO5P/c1-5(14(10,11)12)8-6(9)13-7(2,3)4/h5H,1-4H3,(H,8,9)(H2,10,11,12)/t5-/m1/s1. The maximum atomic E-state index is 11.0. The minimum atomic E-state index is -4.29. The lowest BCUT2D eigenvalue weighted by Gasteiger charge is -2.22. The second kappa shape index (κ2) is 4.29. The van der Waals surface area contributed by atoms with Crippen LogP contribution in [0.5, 0.6) is 0 Å². The summed E-state index contributed by atoms with van der Waals surface area (Å²) in [5.41, 5.74) is -0.682. The Hall–Kier alpha value is -0.580. The van der Waals surface area contributed by atoms with E-state index in [0.29, 0.717) is 0 Å². The van der Waals surface area contributed by atoms with Gasteiger partial charge in [0.15, 0.2) is 0 Å². The number of carbonyl (C=O) groups is 1. The highest BCUT2D eigenvalue weighted by Gasteiger charge is 2.27. The van der Waals surface area contributed by atoms with E-state index in [9.17, 15) is 9.36 Å². The summed E-state index contributed by atoms with van der Waals surface area (Å²) in [7, 11) is -4.29. The fourth-order valence-electron chi connectivity index (χ4n) is 0.562. The smallest absolute Gasteiger partial charge is 0.408 e. The van der Waals surface area contributed by atoms with Crippen LogP contribution < -0.4 is 5.32 Å². The number of ether oxygens (including phenoxy) is 1. The SMILES string of the molecule is C[C@H](NC(=O)OC(C)(C)C)P(=O)(O)O. The van der Waals surface area contributed by atoms with Crippen LogP contribution in [0.15, 0.2) is 0 Å². The number of nitrogens with one attached hydrogen (secondary N) is 1. The molecule has 0 unspecified atom stereocenters. The molecule has 0 aliphatic rings. The van der Waals surface area contributed by atoms with Gasteiger partial charge in [0.25, 0.3) is 0 Å². The number of hydrogen-bond acceptors (Lipinski definition) is 3. The molecule has 0 aromatic carbocycles. The van der Waals surface area contributed by atoms with Crippen LogP contribution >= 0.6 is 7.60 Å². The second-order valence-electron chi connectivity index (χ2n) is 3.91. The fourth-order valence-corrected chi connectivity index (χ4v) is 0.836. The Bertz CT molecular complexity index is 253. The van der Waals surface area contributed by atoms with Crippen LogP contribution in [-0.2, 0) is 9.30 Å². The van der Waals surface area contributed by atoms with Crippen molar-refractivity contribution in [2.45, 2.75) is 39.1 Å². The quantitative estimate of drug-likeness (QED) is 0.610. The molecule has 0 aromatic rings. The lowest BCUT2D eigenvalue weighted by molar-refractivity contribution is 0.0517. The zero-order valence-corrected chi connectivity index (χ0v) is 9.54. The number of carbonyl (C=O) groups excluding carboxylic acids is 1. The molecule has 0 spiro atoms. The molecule has 84 valence electrons. The highest BCUT2D eigenvalue weighted by atomic mass is 31.2. The number of amides is 1. The maximum absolute atomic E-state index is 11.0. The lowest BCUT2D eigenvalue weighted by atomic mass is 10.2. The number of alkyl carbamates (subject to hydrolysis) is 1. The third-order valence-electron chi connectivity index (χ3n) is 1.23. The first-order valence-corrected chi connectivity index (χ1v) is 5.75. The van der Waals surface area contributed by atoms with Crippen molar-refractivity contribution in [3.63, 3.8) is 0 Å². The zero-order valence-electron chi connectivity index (χ0n) is 8.64. The third-order valence-corrected chi connectivity index (χ3v) is 2.37. The molecule has 0 aliphatic carbocycles. The summed E-state index contributed by atoms with van der Waals surface area (Å²) in [6.45, 7) is 6.20. The van der Waals surface area contributed by atoms with Crippen LogP contribution in [-0.4, -0.2) is 27.3 Å². The summed E-state index contributed by atoms with van der Waals surface area (Å²) in [6.07, 6.45) is -0.840. The fraction of sp³-hybridized carbons (Fsp3) is 0.857. The Morgan fingerprint density at radius 1 is 1.43 bits per heavy atom. The van der Waals surface area contributed by atoms with Crippen molar-refractivity contribution in [2.24, 2.45) is 0 Å². The molecule has 6 nitrogen and oxygen atoms in total. The summed E-state index contributed by atoms with van der Waals surface area (Å²) in [6, 6.07) is 0. The monoisotopic (exact) mass is 225 g/mol. The minimum Gasteiger partial charge on any atom is -0.444 e. The summed E-state index contributed by atoms with van der Waals surface area (Å²) in [5, 5.41) is 2.05. The van der Waals surface area contributed by atoms with Crippen LogP contribution in [0.2, 0.25) is 0 Å². The molecule has 1 amide bonds. The molecule has 0 radical (unpaired) electrons. The number of rotatable bonds is 2. The predicted octanol–water partition coefficient (Wildman–Crippen LogP) is 1.03. The average Bonchev–Trinajstić information content (AvgIpc) is 1.79. The van der Waals surface area contributed by atoms with Crippen molar-refractivity contribution in [3.05, 3.63) is 0 Å². The van der Waals surface area contributed by atoms with Gasteiger partial charge in [-0.2, -0.15) is 0 Å². The molecular weight excluding hydrogens is 209 g/mol. The predicted molar refractivity (Wildman–Crippen MR) is 50.9 cm³/mol. The number of hydrogen-bond donors (Lipinski definition) is 3. The summed E-state index contributed by atoms with van der Waals surface area (Å²) in [4.78, 5) is 28.4. The Kier molecular flexibility index (Phi) is 4.12. The molecule has 0 aromatic heterocycles. The van der Waals surface area contributed by atoms with E-state index in [0.717, 1.165) is 0 Å². The largest absolute Gasteiger partial charge is 0.444 e. The van der Waals surface area contributed by atoms with Crippen molar-refractivity contribution in [1.82, 2.24) is 5.32 Å². The Labute approximate surface area is 82.8 Å². The van der Waals surface area contributed by atoms with Gasteiger partial charge in [0.1, 0.15) is 11.4 Å². The molecule has 0 fully saturated rings. The molecule has 0 aliphatic heterocycles. The molecule has 0 saturated heterocycles. The van der Waals surface area contributed by atoms with Gasteiger partial charge < -0.3 is 19.8 Å². The van der Waals surface area contributed by atoms with Crippen molar-refractivity contribution < 1.29 is 23.9 Å². The van der Waals surface area contributed by atoms with E-state index < -0.39 is 25.1 Å². The zero-order chi connectivity index (χ0) is 11.6. The van der Waals surface area contributed by atoms with Crippen LogP contribution in [0.4, 0.5) is 4.79 Å². The van der Waals surface area contributed by atoms with Gasteiger partial charge in [-0.05, 0) is 27.7 Å². The van der Waals surface area contributed by atoms with E-state index in [1.54, 1.807) is 20.8 Å². The van der Waals surface area contributed by atoms with Gasteiger partial charge in [-0.25, -0.2) is 4.79 Å². The highest BCUT2D eigenvalue weighted by Crippen LogP contribution is 2.39. The normalized spacial score (nSPS) is 14.7. The maximum Gasteiger partial charge on any atom is 0.408 e. The summed E-state index contributed by atoms with van der Waals surface area (Å²) >= 11 is 0. The van der Waals surface area contributed by atoms with E-state index in [1.807, 2.05) is 0 Å². The molecular formula is C7H16NO5P. The third kappa shape index (κ3) is 5.96. The highest BCUT2D eigenvalue weighted by molar-refractivity contribution is 7.52. The summed E-state index contributed by atoms with van der Waals surface area (Å²) in [5.74, 6) is -1.24. The van der Waals surface area contributed by atoms with Crippen LogP contribution in [0.25, 0.3) is 0 Å². The van der Waals surface area contributed by atoms with Crippen LogP contribution in [0, 0.1) is 0 Å². The lowest BCUT2D eigenvalue weighted by Crippen LogP contribution is -2.37. The van der Waals surface area contributed by atoms with E-state index in [1.165, 1.54) is 6.92 Å². The van der Waals surface area contributed by atoms with Crippen molar-refractivity contribution in [1.29, 1.82) is 0 Å². The molecule has 3 N–H and O–H groups in total. The first-order chi connectivity index (χ1) is 6.02. The molecule has 0 rings (SSSR count). The second-order valence-corrected chi connectivity index (χ2v) is 5.86. The molecule has 7 heteroatoms. The Morgan fingerprint density at radius 3 is 2.14 bits per heavy atom. The van der Waals surface area contributed by atoms with E-state index in [4.69, 9.17) is 14.5 Å². The van der Waals surface area contributed by atoms with Gasteiger partial charge in [0.05, 0.1) is 0 Å². The van der Waals surface area contributed by atoms with E-state index in [2.05, 4.69) is 5.32 Å². The van der Waals surface area contributed by atoms with Gasteiger partial charge in [-0.3, -0.25) is 4.57 Å².